The number of aromatic nitrogens is 1. The SMILES string of the molecule is CCOC(=O)c1c(F)c2ccccc2n1SF. The van der Waals surface area contributed by atoms with Crippen LogP contribution in [0.2, 0.25) is 0 Å². The van der Waals surface area contributed by atoms with E-state index < -0.39 is 17.5 Å². The summed E-state index contributed by atoms with van der Waals surface area (Å²) in [4.78, 5) is 11.6. The molecule has 0 spiro atoms. The molecule has 1 aromatic carbocycles. The van der Waals surface area contributed by atoms with Crippen LogP contribution in [0.5, 0.6) is 0 Å². The summed E-state index contributed by atoms with van der Waals surface area (Å²) in [6, 6.07) is 6.28. The van der Waals surface area contributed by atoms with Gasteiger partial charge in [0.1, 0.15) is 0 Å². The smallest absolute Gasteiger partial charge is 0.359 e. The van der Waals surface area contributed by atoms with Crippen LogP contribution in [0.4, 0.5) is 8.28 Å². The second-order valence-corrected chi connectivity index (χ2v) is 3.77. The van der Waals surface area contributed by atoms with Gasteiger partial charge in [-0.05, 0) is 19.1 Å². The molecule has 0 unspecified atom stereocenters. The zero-order valence-corrected chi connectivity index (χ0v) is 9.76. The summed E-state index contributed by atoms with van der Waals surface area (Å²) in [7, 11) is 0. The Hall–Kier alpha value is -1.56. The Morgan fingerprint density at radius 2 is 2.18 bits per heavy atom. The molecule has 0 radical (unpaired) electrons. The maximum atomic E-state index is 13.9. The van der Waals surface area contributed by atoms with E-state index in [0.29, 0.717) is 5.52 Å². The van der Waals surface area contributed by atoms with Crippen LogP contribution in [0.15, 0.2) is 24.3 Å². The number of carbonyl (C=O) groups is 1. The molecule has 17 heavy (non-hydrogen) atoms. The number of para-hydroxylation sites is 1. The van der Waals surface area contributed by atoms with Gasteiger partial charge in [-0.1, -0.05) is 12.1 Å². The van der Waals surface area contributed by atoms with Crippen molar-refractivity contribution in [2.75, 3.05) is 6.61 Å². The van der Waals surface area contributed by atoms with E-state index in [2.05, 4.69) is 0 Å². The first kappa shape index (κ1) is 11.9. The van der Waals surface area contributed by atoms with E-state index in [9.17, 15) is 13.1 Å². The number of nitrogens with zero attached hydrogens (tertiary/aromatic N) is 1. The van der Waals surface area contributed by atoms with E-state index in [1.807, 2.05) is 0 Å². The molecular weight excluding hydrogens is 248 g/mol. The lowest BCUT2D eigenvalue weighted by molar-refractivity contribution is 0.0513. The Kier molecular flexibility index (Phi) is 3.33. The number of ether oxygens (including phenoxy) is 1. The van der Waals surface area contributed by atoms with Crippen LogP contribution in [-0.2, 0) is 4.74 Å². The fraction of sp³-hybridized carbons (Fsp3) is 0.182. The number of hydrogen-bond acceptors (Lipinski definition) is 3. The molecule has 6 heteroatoms. The normalized spacial score (nSPS) is 10.8. The Balaban J connectivity index is 2.69. The predicted molar refractivity (Wildman–Crippen MR) is 61.9 cm³/mol. The highest BCUT2D eigenvalue weighted by Crippen LogP contribution is 2.29. The minimum atomic E-state index is -0.869. The molecule has 90 valence electrons. The average molecular weight is 257 g/mol. The second kappa shape index (κ2) is 4.75. The van der Waals surface area contributed by atoms with Gasteiger partial charge in [0.25, 0.3) is 0 Å². The largest absolute Gasteiger partial charge is 0.461 e. The van der Waals surface area contributed by atoms with Crippen LogP contribution in [0.1, 0.15) is 17.4 Å². The molecular formula is C11H9F2NO2S. The summed E-state index contributed by atoms with van der Waals surface area (Å²) in [5.74, 6) is -1.63. The standard InChI is InChI=1S/C11H9F2NO2S/c1-2-16-11(15)10-9(12)7-5-3-4-6-8(7)14(10)17-13/h3-6H,2H2,1H3. The van der Waals surface area contributed by atoms with Crippen molar-refractivity contribution in [3.05, 3.63) is 35.8 Å². The van der Waals surface area contributed by atoms with Crippen molar-refractivity contribution in [2.24, 2.45) is 0 Å². The van der Waals surface area contributed by atoms with Gasteiger partial charge in [0.15, 0.2) is 23.8 Å². The Morgan fingerprint density at radius 3 is 2.82 bits per heavy atom. The molecule has 0 bridgehead atoms. The first-order valence-electron chi connectivity index (χ1n) is 4.95. The van der Waals surface area contributed by atoms with E-state index in [-0.39, 0.29) is 24.3 Å². The van der Waals surface area contributed by atoms with Crippen LogP contribution >= 0.6 is 12.3 Å². The maximum absolute atomic E-state index is 13.9. The lowest BCUT2D eigenvalue weighted by Gasteiger charge is -2.03. The summed E-state index contributed by atoms with van der Waals surface area (Å²) < 4.78 is 32.4. The molecule has 0 fully saturated rings. The number of hydrogen-bond donors (Lipinski definition) is 0. The van der Waals surface area contributed by atoms with Gasteiger partial charge in [-0.2, -0.15) is 0 Å². The van der Waals surface area contributed by atoms with E-state index in [1.165, 1.54) is 12.1 Å². The summed E-state index contributed by atoms with van der Waals surface area (Å²) in [5, 5.41) is 0.195. The summed E-state index contributed by atoms with van der Waals surface area (Å²) in [6.07, 6.45) is 0. The minimum absolute atomic E-state index is 0.108. The zero-order chi connectivity index (χ0) is 12.4. The third kappa shape index (κ3) is 1.88. The molecule has 1 heterocycles. The first-order valence-corrected chi connectivity index (χ1v) is 5.63. The molecule has 0 aliphatic heterocycles. The van der Waals surface area contributed by atoms with E-state index >= 15 is 0 Å². The fourth-order valence-corrected chi connectivity index (χ4v) is 2.07. The van der Waals surface area contributed by atoms with Crippen molar-refractivity contribution >= 4 is 29.2 Å². The molecule has 1 aromatic heterocycles. The molecule has 0 aliphatic carbocycles. The van der Waals surface area contributed by atoms with Gasteiger partial charge in [0, 0.05) is 5.39 Å². The van der Waals surface area contributed by atoms with Crippen molar-refractivity contribution in [2.45, 2.75) is 6.92 Å². The first-order chi connectivity index (χ1) is 8.20. The van der Waals surface area contributed by atoms with Crippen LogP contribution < -0.4 is 0 Å². The highest BCUT2D eigenvalue weighted by Gasteiger charge is 2.24. The van der Waals surface area contributed by atoms with Gasteiger partial charge in [-0.3, -0.25) is 0 Å². The predicted octanol–water partition coefficient (Wildman–Crippen LogP) is 3.34. The number of esters is 1. The van der Waals surface area contributed by atoms with Gasteiger partial charge in [-0.25, -0.2) is 13.2 Å². The van der Waals surface area contributed by atoms with E-state index in [0.717, 1.165) is 3.97 Å². The Morgan fingerprint density at radius 1 is 1.47 bits per heavy atom. The summed E-state index contributed by atoms with van der Waals surface area (Å²) in [6.45, 7) is 1.71. The lowest BCUT2D eigenvalue weighted by Crippen LogP contribution is -2.10. The number of halogens is 2. The van der Waals surface area contributed by atoms with Gasteiger partial charge in [0.05, 0.1) is 12.1 Å². The van der Waals surface area contributed by atoms with Crippen molar-refractivity contribution in [3.8, 4) is 0 Å². The topological polar surface area (TPSA) is 31.2 Å². The average Bonchev–Trinajstić information content (AvgIpc) is 2.63. The van der Waals surface area contributed by atoms with Crippen molar-refractivity contribution < 1.29 is 17.8 Å². The second-order valence-electron chi connectivity index (χ2n) is 3.26. The van der Waals surface area contributed by atoms with Gasteiger partial charge >= 0.3 is 5.97 Å². The Labute approximate surface area is 101 Å². The quantitative estimate of drug-likeness (QED) is 0.790. The molecule has 0 saturated carbocycles. The molecule has 0 N–H and O–H groups in total. The van der Waals surface area contributed by atoms with Crippen molar-refractivity contribution in [1.82, 2.24) is 3.97 Å². The van der Waals surface area contributed by atoms with Crippen molar-refractivity contribution in [1.29, 1.82) is 0 Å². The maximum Gasteiger partial charge on any atom is 0.359 e. The number of benzene rings is 1. The van der Waals surface area contributed by atoms with Crippen LogP contribution in [0, 0.1) is 5.82 Å². The van der Waals surface area contributed by atoms with Crippen LogP contribution in [-0.4, -0.2) is 16.5 Å². The van der Waals surface area contributed by atoms with Gasteiger partial charge in [-0.15, -0.1) is 3.89 Å². The zero-order valence-electron chi connectivity index (χ0n) is 8.94. The number of rotatable bonds is 3. The van der Waals surface area contributed by atoms with Crippen molar-refractivity contribution in [3.63, 3.8) is 0 Å². The molecule has 0 aliphatic rings. The highest BCUT2D eigenvalue weighted by atomic mass is 32.2. The molecule has 0 saturated heterocycles. The Bertz CT molecular complexity index is 568. The number of fused-ring (bicyclic) bond motifs is 1. The third-order valence-corrected chi connectivity index (χ3v) is 2.83. The molecule has 3 nitrogen and oxygen atoms in total. The molecule has 0 amide bonds. The third-order valence-electron chi connectivity index (χ3n) is 2.31. The lowest BCUT2D eigenvalue weighted by atomic mass is 10.2. The minimum Gasteiger partial charge on any atom is -0.461 e. The monoisotopic (exact) mass is 257 g/mol. The molecule has 2 aromatic rings. The fourth-order valence-electron chi connectivity index (χ4n) is 1.62. The molecule has 0 atom stereocenters. The summed E-state index contributed by atoms with van der Waals surface area (Å²) >= 11 is -0.224. The highest BCUT2D eigenvalue weighted by molar-refractivity contribution is 7.93. The van der Waals surface area contributed by atoms with E-state index in [1.54, 1.807) is 19.1 Å². The van der Waals surface area contributed by atoms with Gasteiger partial charge < -0.3 is 4.74 Å². The summed E-state index contributed by atoms with van der Waals surface area (Å²) in [5.41, 5.74) is -0.0962. The van der Waals surface area contributed by atoms with Crippen LogP contribution in [0.3, 0.4) is 0 Å². The van der Waals surface area contributed by atoms with E-state index in [4.69, 9.17) is 4.74 Å². The number of carbonyl (C=O) groups excluding carboxylic acids is 1. The van der Waals surface area contributed by atoms with Crippen LogP contribution in [0.25, 0.3) is 10.9 Å². The van der Waals surface area contributed by atoms with Gasteiger partial charge in [0.2, 0.25) is 0 Å². The molecule has 2 rings (SSSR count).